The topological polar surface area (TPSA) is 215 Å². The molecule has 27 heteroatoms. The zero-order chi connectivity index (χ0) is 48.9. The highest BCUT2D eigenvalue weighted by Gasteiger charge is 2.39. The molecule has 6 heterocycles. The lowest BCUT2D eigenvalue weighted by molar-refractivity contribution is -0.138. The molecule has 368 valence electrons. The van der Waals surface area contributed by atoms with Crippen LogP contribution >= 0.6 is 57.8 Å². The summed E-state index contributed by atoms with van der Waals surface area (Å²) in [6.45, 7) is 0.774. The Balaban J connectivity index is 0.000000209. The van der Waals surface area contributed by atoms with Gasteiger partial charge in [0.2, 0.25) is 11.8 Å². The summed E-state index contributed by atoms with van der Waals surface area (Å²) >= 11 is 10.7. The lowest BCUT2D eigenvalue weighted by atomic mass is 9.84. The van der Waals surface area contributed by atoms with Crippen LogP contribution in [0.15, 0.2) is 58.8 Å². The summed E-state index contributed by atoms with van der Waals surface area (Å²) in [5, 5.41) is 25.5. The molecule has 2 aliphatic rings. The third kappa shape index (κ3) is 12.8. The molecule has 0 aliphatic carbocycles. The van der Waals surface area contributed by atoms with Crippen molar-refractivity contribution in [1.82, 2.24) is 39.7 Å². The average molecular weight is 1050 g/mol. The van der Waals surface area contributed by atoms with Crippen molar-refractivity contribution < 1.29 is 55.6 Å². The van der Waals surface area contributed by atoms with Gasteiger partial charge in [-0.2, -0.15) is 36.3 Å². The fraction of sp³-hybridized carbons (Fsp3) is 0.415. The number of carbonyl (C=O) groups is 2. The lowest BCUT2D eigenvalue weighted by Crippen LogP contribution is -2.46. The Labute approximate surface area is 407 Å². The largest absolute Gasteiger partial charge is 0.479 e. The second-order valence-corrected chi connectivity index (χ2v) is 18.6. The first-order valence-corrected chi connectivity index (χ1v) is 24.1. The number of likely N-dealkylation sites (tertiary alicyclic amines) is 2. The number of nitrogens with zero attached hydrogens (tertiary/aromatic N) is 8. The van der Waals surface area contributed by atoms with Crippen molar-refractivity contribution >= 4 is 100 Å². The molecule has 8 rings (SSSR count). The molecule has 5 N–H and O–H groups in total. The molecule has 2 fully saturated rings. The molecule has 2 aliphatic heterocycles. The number of piperidine rings is 2. The maximum Gasteiger partial charge on any atom is 0.416 e. The van der Waals surface area contributed by atoms with Crippen LogP contribution in [0, 0.1) is 0 Å². The summed E-state index contributed by atoms with van der Waals surface area (Å²) in [6.07, 6.45) is -4.66. The van der Waals surface area contributed by atoms with Crippen molar-refractivity contribution in [2.45, 2.75) is 67.0 Å². The second kappa shape index (κ2) is 22.2. The highest BCUT2D eigenvalue weighted by atomic mass is 35.5. The standard InChI is InChI=1S/C20H20F3N5O3S2.C13H13ClF3NO2.C7H8N4OS2.CH4/c1-31-14-13-15(26-16(25-14)32-2)33-17(24-13)27-18(29)28-8-6-19(30,7-9-28)11-4-3-5-12(10-11)20(21,22)23;14-11(19)18-6-4-12(20,5-7-18)9-2-1-3-10(8-9)13(15,16)17;1-12-4-3-5(14-6(8)9-3)11-7(10-4)13-2;/h3-5,10,30H,6-9H2,1-2H3,(H,24,27,29);1-3,8,20H,4-7H2;1-2H3,(H2,8,9);1H4. The Kier molecular flexibility index (Phi) is 17.6. The predicted molar refractivity (Wildman–Crippen MR) is 251 cm³/mol. The number of hydrogen-bond acceptors (Lipinski definition) is 17. The highest BCUT2D eigenvalue weighted by molar-refractivity contribution is 7.98. The number of amides is 3. The molecule has 6 aromatic rings. The fourth-order valence-electron chi connectivity index (χ4n) is 6.94. The average Bonchev–Trinajstić information content (AvgIpc) is 3.90. The summed E-state index contributed by atoms with van der Waals surface area (Å²) < 4.78 is 87.5. The van der Waals surface area contributed by atoms with Crippen LogP contribution in [0.25, 0.3) is 20.7 Å². The number of ether oxygens (including phenoxy) is 2. The molecule has 4 aromatic heterocycles. The van der Waals surface area contributed by atoms with E-state index < -0.39 is 46.1 Å². The van der Waals surface area contributed by atoms with E-state index in [9.17, 15) is 46.1 Å². The van der Waals surface area contributed by atoms with Crippen LogP contribution in [-0.2, 0) is 23.6 Å². The Morgan fingerprint density at radius 1 is 0.721 bits per heavy atom. The number of anilines is 2. The summed E-state index contributed by atoms with van der Waals surface area (Å²) in [4.78, 5) is 53.4. The predicted octanol–water partition coefficient (Wildman–Crippen LogP) is 9.73. The number of methoxy groups -OCH3 is 2. The van der Waals surface area contributed by atoms with E-state index in [0.29, 0.717) is 48.2 Å². The van der Waals surface area contributed by atoms with E-state index >= 15 is 0 Å². The van der Waals surface area contributed by atoms with Gasteiger partial charge in [0.1, 0.15) is 0 Å². The smallest absolute Gasteiger partial charge is 0.416 e. The van der Waals surface area contributed by atoms with E-state index in [1.165, 1.54) is 87.4 Å². The number of urea groups is 1. The number of aliphatic hydroxyl groups is 2. The molecule has 0 unspecified atom stereocenters. The minimum atomic E-state index is -4.49. The van der Waals surface area contributed by atoms with Gasteiger partial charge in [0.15, 0.2) is 41.3 Å². The SMILES string of the molecule is C.COc1nc(SC)nc2sc(N)nc12.COc1nc(SC)nc2sc(NC(=O)N3CCC(O)(c4cccc(C(F)(F)F)c4)CC3)nc12.O=C(Cl)N1CCC(O)(c2cccc(C(F)(F)F)c2)CC1. The number of hydrogen-bond donors (Lipinski definition) is 4. The number of fused-ring (bicyclic) bond motifs is 2. The summed E-state index contributed by atoms with van der Waals surface area (Å²) in [6, 6.07) is 8.93. The molecule has 0 saturated carbocycles. The van der Waals surface area contributed by atoms with E-state index in [1.54, 1.807) is 7.11 Å². The molecule has 2 aromatic carbocycles. The maximum atomic E-state index is 13.0. The Bertz CT molecular complexity index is 2720. The van der Waals surface area contributed by atoms with Crippen LogP contribution in [0.2, 0.25) is 0 Å². The number of thioether (sulfide) groups is 2. The number of halogens is 7. The van der Waals surface area contributed by atoms with Crippen LogP contribution in [0.1, 0.15) is 55.4 Å². The minimum absolute atomic E-state index is 0. The van der Waals surface area contributed by atoms with Gasteiger partial charge >= 0.3 is 23.8 Å². The van der Waals surface area contributed by atoms with Gasteiger partial charge < -0.3 is 35.2 Å². The summed E-state index contributed by atoms with van der Waals surface area (Å²) in [5.41, 5.74) is 2.66. The number of nitrogens with two attached hydrogens (primary N) is 1. The molecule has 0 atom stereocenters. The quantitative estimate of drug-likeness (QED) is 0.0385. The van der Waals surface area contributed by atoms with Gasteiger partial charge in [0, 0.05) is 26.2 Å². The molecule has 0 radical (unpaired) electrons. The number of alkyl halides is 6. The Morgan fingerprint density at radius 3 is 1.56 bits per heavy atom. The van der Waals surface area contributed by atoms with Gasteiger partial charge in [0.25, 0.3) is 0 Å². The van der Waals surface area contributed by atoms with Crippen LogP contribution in [-0.4, -0.2) is 114 Å². The van der Waals surface area contributed by atoms with Crippen molar-refractivity contribution in [2.24, 2.45) is 0 Å². The zero-order valence-electron chi connectivity index (χ0n) is 35.7. The first-order chi connectivity index (χ1) is 31.6. The fourth-order valence-corrected chi connectivity index (χ4v) is 9.46. The van der Waals surface area contributed by atoms with E-state index in [0.717, 1.165) is 29.1 Å². The maximum absolute atomic E-state index is 13.0. The van der Waals surface area contributed by atoms with Gasteiger partial charge in [-0.1, -0.05) is 77.9 Å². The molecule has 0 spiro atoms. The molecule has 0 bridgehead atoms. The lowest BCUT2D eigenvalue weighted by Gasteiger charge is -2.38. The Hall–Kier alpha value is -4.99. The van der Waals surface area contributed by atoms with Crippen LogP contribution < -0.4 is 20.5 Å². The van der Waals surface area contributed by atoms with Crippen molar-refractivity contribution in [3.8, 4) is 11.8 Å². The second-order valence-electron chi connectivity index (χ2n) is 14.7. The van der Waals surface area contributed by atoms with Crippen molar-refractivity contribution in [3.05, 3.63) is 70.8 Å². The van der Waals surface area contributed by atoms with E-state index in [2.05, 4.69) is 35.2 Å². The molecule has 2 saturated heterocycles. The minimum Gasteiger partial charge on any atom is -0.479 e. The Morgan fingerprint density at radius 2 is 1.15 bits per heavy atom. The van der Waals surface area contributed by atoms with E-state index in [1.807, 2.05) is 12.5 Å². The van der Waals surface area contributed by atoms with Gasteiger partial charge in [-0.05, 0) is 85.2 Å². The third-order valence-electron chi connectivity index (χ3n) is 10.6. The van der Waals surface area contributed by atoms with Crippen molar-refractivity contribution in [3.63, 3.8) is 0 Å². The molecular formula is C41H45ClF6N10O6S4. The number of rotatable bonds is 7. The first-order valence-electron chi connectivity index (χ1n) is 19.7. The monoisotopic (exact) mass is 1050 g/mol. The number of benzene rings is 2. The van der Waals surface area contributed by atoms with Crippen molar-refractivity contribution in [2.75, 3.05) is 64.0 Å². The third-order valence-corrected chi connectivity index (χ3v) is 13.5. The number of carbonyl (C=O) groups excluding carboxylic acids is 2. The van der Waals surface area contributed by atoms with Gasteiger partial charge in [-0.3, -0.25) is 10.1 Å². The number of thiazole rings is 2. The zero-order valence-corrected chi connectivity index (χ0v) is 39.8. The number of nitrogen functional groups attached to an aromatic ring is 1. The summed E-state index contributed by atoms with van der Waals surface area (Å²) in [7, 11) is 3.03. The molecular weight excluding hydrogens is 1010 g/mol. The number of nitrogens with one attached hydrogen (secondary N) is 1. The molecule has 16 nitrogen and oxygen atoms in total. The van der Waals surface area contributed by atoms with Gasteiger partial charge in [-0.15, -0.1) is 0 Å². The van der Waals surface area contributed by atoms with E-state index in [4.69, 9.17) is 26.8 Å². The van der Waals surface area contributed by atoms with Crippen LogP contribution in [0.5, 0.6) is 11.8 Å². The summed E-state index contributed by atoms with van der Waals surface area (Å²) in [5.74, 6) is 0.789. The first kappa shape index (κ1) is 54.0. The normalized spacial score (nSPS) is 15.6. The van der Waals surface area contributed by atoms with Crippen LogP contribution in [0.3, 0.4) is 0 Å². The van der Waals surface area contributed by atoms with Gasteiger partial charge in [-0.25, -0.2) is 24.7 Å². The molecule has 68 heavy (non-hydrogen) atoms. The van der Waals surface area contributed by atoms with Gasteiger partial charge in [0.05, 0.1) is 36.5 Å². The molecule has 3 amide bonds. The van der Waals surface area contributed by atoms with E-state index in [-0.39, 0.29) is 70.4 Å². The van der Waals surface area contributed by atoms with Crippen molar-refractivity contribution in [1.29, 1.82) is 0 Å². The number of aromatic nitrogens is 6. The van der Waals surface area contributed by atoms with Crippen LogP contribution in [0.4, 0.5) is 46.2 Å². The highest BCUT2D eigenvalue weighted by Crippen LogP contribution is 2.39.